The van der Waals surface area contributed by atoms with Crippen molar-refractivity contribution < 1.29 is 8.42 Å². The number of benzene rings is 2. The molecule has 2 fully saturated rings. The van der Waals surface area contributed by atoms with Crippen molar-refractivity contribution in [2.75, 3.05) is 26.2 Å². The van der Waals surface area contributed by atoms with Crippen molar-refractivity contribution in [3.8, 4) is 0 Å². The number of thiol groups is 1. The van der Waals surface area contributed by atoms with Gasteiger partial charge in [-0.05, 0) is 55.3 Å². The fraction of sp³-hybridized carbons (Fsp3) is 0.500. The molecule has 2 saturated heterocycles. The summed E-state index contributed by atoms with van der Waals surface area (Å²) in [6, 6.07) is 13.3. The number of rotatable bonds is 4. The van der Waals surface area contributed by atoms with Gasteiger partial charge >= 0.3 is 0 Å². The topological polar surface area (TPSA) is 40.6 Å². The molecule has 6 heteroatoms. The van der Waals surface area contributed by atoms with Crippen molar-refractivity contribution in [3.63, 3.8) is 0 Å². The minimum absolute atomic E-state index is 0.0204. The van der Waals surface area contributed by atoms with Gasteiger partial charge in [0.05, 0.1) is 4.90 Å². The summed E-state index contributed by atoms with van der Waals surface area (Å²) < 4.78 is 28.4. The Kier molecular flexibility index (Phi) is 5.28. The number of likely N-dealkylation sites (tertiary alicyclic amines) is 1. The van der Waals surface area contributed by atoms with Crippen LogP contribution in [0.25, 0.3) is 10.8 Å². The van der Waals surface area contributed by atoms with Crippen LogP contribution in [-0.2, 0) is 10.0 Å². The molecule has 2 aliphatic heterocycles. The summed E-state index contributed by atoms with van der Waals surface area (Å²) in [6.45, 7) is 3.48. The summed E-state index contributed by atoms with van der Waals surface area (Å²) >= 11 is 4.61. The third-order valence-electron chi connectivity index (χ3n) is 5.59. The van der Waals surface area contributed by atoms with E-state index in [4.69, 9.17) is 0 Å². The molecule has 0 saturated carbocycles. The zero-order valence-electron chi connectivity index (χ0n) is 14.9. The third-order valence-corrected chi connectivity index (χ3v) is 7.88. The lowest BCUT2D eigenvalue weighted by Crippen LogP contribution is -2.44. The van der Waals surface area contributed by atoms with Gasteiger partial charge in [-0.25, -0.2) is 8.42 Å². The standard InChI is InChI=1S/C20H26N2O2S2/c23-26(24,20-9-8-16-6-2-3-7-17(16)12-20)22-15-19(25)13-18(22)14-21-10-4-1-5-11-21/h2-3,6-9,12,18-19,25H,1,4-5,10-11,13-15H2. The Balaban J connectivity index is 1.61. The molecular weight excluding hydrogens is 364 g/mol. The second kappa shape index (κ2) is 7.50. The van der Waals surface area contributed by atoms with Crippen molar-refractivity contribution in [1.82, 2.24) is 9.21 Å². The van der Waals surface area contributed by atoms with Crippen LogP contribution < -0.4 is 0 Å². The normalized spacial score (nSPS) is 25.7. The third kappa shape index (κ3) is 3.65. The largest absolute Gasteiger partial charge is 0.302 e. The van der Waals surface area contributed by atoms with E-state index in [0.29, 0.717) is 11.4 Å². The van der Waals surface area contributed by atoms with Crippen molar-refractivity contribution >= 4 is 33.4 Å². The van der Waals surface area contributed by atoms with E-state index in [9.17, 15) is 8.42 Å². The van der Waals surface area contributed by atoms with Crippen LogP contribution in [0, 0.1) is 0 Å². The summed E-state index contributed by atoms with van der Waals surface area (Å²) in [5.41, 5.74) is 0. The average molecular weight is 391 g/mol. The van der Waals surface area contributed by atoms with E-state index in [1.54, 1.807) is 16.4 Å². The van der Waals surface area contributed by atoms with Crippen LogP contribution in [0.5, 0.6) is 0 Å². The first-order valence-corrected chi connectivity index (χ1v) is 11.4. The van der Waals surface area contributed by atoms with E-state index in [2.05, 4.69) is 17.5 Å². The van der Waals surface area contributed by atoms with E-state index in [0.717, 1.165) is 36.8 Å². The van der Waals surface area contributed by atoms with E-state index >= 15 is 0 Å². The van der Waals surface area contributed by atoms with Gasteiger partial charge in [-0.1, -0.05) is 36.8 Å². The molecule has 0 N–H and O–H groups in total. The first-order chi connectivity index (χ1) is 12.5. The molecule has 2 atom stereocenters. The zero-order chi connectivity index (χ0) is 18.1. The SMILES string of the molecule is O=S(=O)(c1ccc2ccccc2c1)N1CC(S)CC1CN1CCCCC1. The quantitative estimate of drug-likeness (QED) is 0.814. The highest BCUT2D eigenvalue weighted by molar-refractivity contribution is 7.89. The van der Waals surface area contributed by atoms with Crippen LogP contribution in [0.1, 0.15) is 25.7 Å². The lowest BCUT2D eigenvalue weighted by atomic mass is 10.1. The predicted molar refractivity (Wildman–Crippen MR) is 109 cm³/mol. The van der Waals surface area contributed by atoms with Crippen molar-refractivity contribution in [1.29, 1.82) is 0 Å². The molecule has 4 rings (SSSR count). The molecule has 0 spiro atoms. The minimum Gasteiger partial charge on any atom is -0.302 e. The highest BCUT2D eigenvalue weighted by Gasteiger charge is 2.39. The van der Waals surface area contributed by atoms with Crippen LogP contribution in [0.4, 0.5) is 0 Å². The van der Waals surface area contributed by atoms with Crippen molar-refractivity contribution in [2.45, 2.75) is 41.9 Å². The Morgan fingerprint density at radius 2 is 1.73 bits per heavy atom. The summed E-state index contributed by atoms with van der Waals surface area (Å²) in [5, 5.41) is 2.13. The molecule has 0 aliphatic carbocycles. The molecule has 0 amide bonds. The summed E-state index contributed by atoms with van der Waals surface area (Å²) in [6.07, 6.45) is 4.55. The van der Waals surface area contributed by atoms with E-state index in [-0.39, 0.29) is 11.3 Å². The zero-order valence-corrected chi connectivity index (χ0v) is 16.6. The summed E-state index contributed by atoms with van der Waals surface area (Å²) in [7, 11) is -3.51. The first-order valence-electron chi connectivity index (χ1n) is 9.45. The van der Waals surface area contributed by atoms with Gasteiger partial charge in [0.2, 0.25) is 10.0 Å². The van der Waals surface area contributed by atoms with Crippen molar-refractivity contribution in [3.05, 3.63) is 42.5 Å². The molecule has 26 heavy (non-hydrogen) atoms. The first kappa shape index (κ1) is 18.3. The van der Waals surface area contributed by atoms with Gasteiger partial charge in [-0.2, -0.15) is 16.9 Å². The molecule has 0 aromatic heterocycles. The van der Waals surface area contributed by atoms with Gasteiger partial charge in [0, 0.05) is 24.4 Å². The summed E-state index contributed by atoms with van der Waals surface area (Å²) in [4.78, 5) is 2.81. The van der Waals surface area contributed by atoms with E-state index in [1.165, 1.54) is 19.3 Å². The second-order valence-electron chi connectivity index (χ2n) is 7.49. The maximum absolute atomic E-state index is 13.3. The van der Waals surface area contributed by atoms with Gasteiger partial charge in [0.15, 0.2) is 0 Å². The minimum atomic E-state index is -3.51. The highest BCUT2D eigenvalue weighted by Crippen LogP contribution is 2.31. The van der Waals surface area contributed by atoms with Gasteiger partial charge in [0.1, 0.15) is 0 Å². The monoisotopic (exact) mass is 390 g/mol. The van der Waals surface area contributed by atoms with Crippen LogP contribution in [0.3, 0.4) is 0 Å². The van der Waals surface area contributed by atoms with Crippen LogP contribution in [0.2, 0.25) is 0 Å². The van der Waals surface area contributed by atoms with Gasteiger partial charge in [0.25, 0.3) is 0 Å². The predicted octanol–water partition coefficient (Wildman–Crippen LogP) is 3.39. The molecule has 140 valence electrons. The Morgan fingerprint density at radius 3 is 2.50 bits per heavy atom. The number of piperidine rings is 1. The van der Waals surface area contributed by atoms with Gasteiger partial charge < -0.3 is 4.90 Å². The smallest absolute Gasteiger partial charge is 0.243 e. The molecule has 2 aromatic carbocycles. The molecule has 0 bridgehead atoms. The molecule has 2 aromatic rings. The number of hydrogen-bond donors (Lipinski definition) is 1. The Hall–Kier alpha value is -1.08. The maximum atomic E-state index is 13.3. The number of nitrogens with zero attached hydrogens (tertiary/aromatic N) is 2. The van der Waals surface area contributed by atoms with E-state index in [1.807, 2.05) is 30.3 Å². The van der Waals surface area contributed by atoms with Crippen LogP contribution in [-0.4, -0.2) is 55.1 Å². The van der Waals surface area contributed by atoms with Crippen molar-refractivity contribution in [2.24, 2.45) is 0 Å². The molecule has 2 aliphatic rings. The molecule has 4 nitrogen and oxygen atoms in total. The Bertz CT molecular complexity index is 878. The van der Waals surface area contributed by atoms with Gasteiger partial charge in [-0.3, -0.25) is 0 Å². The Morgan fingerprint density at radius 1 is 1.00 bits per heavy atom. The van der Waals surface area contributed by atoms with Crippen LogP contribution in [0.15, 0.2) is 47.4 Å². The number of fused-ring (bicyclic) bond motifs is 1. The van der Waals surface area contributed by atoms with Gasteiger partial charge in [-0.15, -0.1) is 0 Å². The molecule has 0 radical (unpaired) electrons. The summed E-state index contributed by atoms with van der Waals surface area (Å²) in [5.74, 6) is 0. The number of sulfonamides is 1. The second-order valence-corrected chi connectivity index (χ2v) is 10.1. The lowest BCUT2D eigenvalue weighted by Gasteiger charge is -2.32. The molecule has 2 unspecified atom stereocenters. The Labute approximate surface area is 161 Å². The maximum Gasteiger partial charge on any atom is 0.243 e. The average Bonchev–Trinajstić information content (AvgIpc) is 3.03. The van der Waals surface area contributed by atoms with Crippen LogP contribution >= 0.6 is 12.6 Å². The van der Waals surface area contributed by atoms with E-state index < -0.39 is 10.0 Å². The fourth-order valence-corrected chi connectivity index (χ4v) is 6.46. The molecular formula is C20H26N2O2S2. The lowest BCUT2D eigenvalue weighted by molar-refractivity contribution is 0.189. The number of hydrogen-bond acceptors (Lipinski definition) is 4. The highest BCUT2D eigenvalue weighted by atomic mass is 32.2. The molecule has 2 heterocycles. The fourth-order valence-electron chi connectivity index (χ4n) is 4.23.